The normalized spacial score (nSPS) is 25.0. The molecule has 100 valence electrons. The van der Waals surface area contributed by atoms with E-state index < -0.39 is 0 Å². The van der Waals surface area contributed by atoms with Gasteiger partial charge in [0.2, 0.25) is 0 Å². The maximum absolute atomic E-state index is 14.1. The topological polar surface area (TPSA) is 15.3 Å². The second-order valence-corrected chi connectivity index (χ2v) is 5.60. The Morgan fingerprint density at radius 2 is 2.28 bits per heavy atom. The second-order valence-electron chi connectivity index (χ2n) is 5.19. The first-order chi connectivity index (χ1) is 8.56. The van der Waals surface area contributed by atoms with Crippen molar-refractivity contribution >= 4 is 17.3 Å². The van der Waals surface area contributed by atoms with E-state index in [1.807, 2.05) is 12.1 Å². The fraction of sp³-hybridized carbons (Fsp3) is 0.571. The van der Waals surface area contributed by atoms with Gasteiger partial charge < -0.3 is 10.2 Å². The predicted molar refractivity (Wildman–Crippen MR) is 74.9 cm³/mol. The molecule has 0 bridgehead atoms. The van der Waals surface area contributed by atoms with E-state index in [-0.39, 0.29) is 16.4 Å². The van der Waals surface area contributed by atoms with Crippen LogP contribution >= 0.6 is 11.6 Å². The van der Waals surface area contributed by atoms with E-state index in [0.29, 0.717) is 5.69 Å². The van der Waals surface area contributed by atoms with Crippen molar-refractivity contribution in [1.82, 2.24) is 5.32 Å². The zero-order chi connectivity index (χ0) is 13.2. The fourth-order valence-corrected chi connectivity index (χ4v) is 2.56. The molecule has 1 aliphatic rings. The van der Waals surface area contributed by atoms with Crippen molar-refractivity contribution in [2.75, 3.05) is 24.5 Å². The standard InChI is InChI=1S/C14H20ClFN2/c1-3-14(2)10-18(9-5-8-17-14)12-7-4-6-11(15)13(12)16/h4,6-7,17H,3,5,8-10H2,1-2H3. The first-order valence-corrected chi connectivity index (χ1v) is 6.87. The zero-order valence-electron chi connectivity index (χ0n) is 11.0. The summed E-state index contributed by atoms with van der Waals surface area (Å²) < 4.78 is 14.1. The van der Waals surface area contributed by atoms with E-state index in [0.717, 1.165) is 32.5 Å². The van der Waals surface area contributed by atoms with Gasteiger partial charge in [-0.1, -0.05) is 24.6 Å². The van der Waals surface area contributed by atoms with Gasteiger partial charge in [-0.05, 0) is 38.4 Å². The van der Waals surface area contributed by atoms with E-state index in [2.05, 4.69) is 24.1 Å². The van der Waals surface area contributed by atoms with Crippen LogP contribution in [0.4, 0.5) is 10.1 Å². The molecular formula is C14H20ClFN2. The van der Waals surface area contributed by atoms with Gasteiger partial charge in [-0.25, -0.2) is 4.39 Å². The first-order valence-electron chi connectivity index (χ1n) is 6.50. The fourth-order valence-electron chi connectivity index (χ4n) is 2.40. The van der Waals surface area contributed by atoms with Crippen LogP contribution in [0.1, 0.15) is 26.7 Å². The third-order valence-corrected chi connectivity index (χ3v) is 4.04. The van der Waals surface area contributed by atoms with E-state index in [4.69, 9.17) is 11.6 Å². The Balaban J connectivity index is 2.28. The lowest BCUT2D eigenvalue weighted by molar-refractivity contribution is 0.366. The number of nitrogens with zero attached hydrogens (tertiary/aromatic N) is 1. The molecule has 1 aromatic carbocycles. The Bertz CT molecular complexity index is 424. The van der Waals surface area contributed by atoms with Crippen LogP contribution in [0.25, 0.3) is 0 Å². The lowest BCUT2D eigenvalue weighted by Crippen LogP contribution is -2.48. The van der Waals surface area contributed by atoms with E-state index in [9.17, 15) is 4.39 Å². The Morgan fingerprint density at radius 1 is 1.50 bits per heavy atom. The lowest BCUT2D eigenvalue weighted by Gasteiger charge is -2.34. The number of nitrogens with one attached hydrogen (secondary N) is 1. The molecule has 1 aromatic rings. The summed E-state index contributed by atoms with van der Waals surface area (Å²) in [4.78, 5) is 2.10. The van der Waals surface area contributed by atoms with Gasteiger partial charge in [0.1, 0.15) is 0 Å². The third-order valence-electron chi connectivity index (χ3n) is 3.75. The minimum absolute atomic E-state index is 0.0330. The summed E-state index contributed by atoms with van der Waals surface area (Å²) in [6.07, 6.45) is 2.03. The molecule has 1 atom stereocenters. The summed E-state index contributed by atoms with van der Waals surface area (Å²) in [6, 6.07) is 5.21. The molecule has 0 aliphatic carbocycles. The van der Waals surface area contributed by atoms with Crippen molar-refractivity contribution in [1.29, 1.82) is 0 Å². The highest BCUT2D eigenvalue weighted by Crippen LogP contribution is 2.28. The van der Waals surface area contributed by atoms with Gasteiger partial charge in [0.05, 0.1) is 10.7 Å². The summed E-state index contributed by atoms with van der Waals surface area (Å²) in [7, 11) is 0. The number of halogens is 2. The quantitative estimate of drug-likeness (QED) is 0.886. The average Bonchev–Trinajstić information content (AvgIpc) is 2.56. The van der Waals surface area contributed by atoms with E-state index in [1.165, 1.54) is 0 Å². The van der Waals surface area contributed by atoms with Gasteiger partial charge in [-0.2, -0.15) is 0 Å². The highest BCUT2D eigenvalue weighted by molar-refractivity contribution is 6.31. The largest absolute Gasteiger partial charge is 0.367 e. The van der Waals surface area contributed by atoms with Crippen molar-refractivity contribution in [3.05, 3.63) is 29.0 Å². The van der Waals surface area contributed by atoms with Crippen LogP contribution in [0.15, 0.2) is 18.2 Å². The summed E-state index contributed by atoms with van der Waals surface area (Å²) in [6.45, 7) is 6.99. The molecule has 2 rings (SSSR count). The minimum Gasteiger partial charge on any atom is -0.367 e. The zero-order valence-corrected chi connectivity index (χ0v) is 11.7. The molecule has 0 saturated carbocycles. The summed E-state index contributed by atoms with van der Waals surface area (Å²) >= 11 is 5.86. The van der Waals surface area contributed by atoms with Crippen LogP contribution in [-0.2, 0) is 0 Å². The molecule has 1 N–H and O–H groups in total. The SMILES string of the molecule is CCC1(C)CN(c2cccc(Cl)c2F)CCCN1. The first kappa shape index (κ1) is 13.6. The average molecular weight is 271 g/mol. The van der Waals surface area contributed by atoms with Gasteiger partial charge in [0.25, 0.3) is 0 Å². The van der Waals surface area contributed by atoms with Crippen LogP contribution < -0.4 is 10.2 Å². The predicted octanol–water partition coefficient (Wildman–Crippen LogP) is 3.45. The minimum atomic E-state index is -0.306. The summed E-state index contributed by atoms with van der Waals surface area (Å²) in [5.41, 5.74) is 0.650. The molecule has 2 nitrogen and oxygen atoms in total. The van der Waals surface area contributed by atoms with Gasteiger partial charge >= 0.3 is 0 Å². The smallest absolute Gasteiger partial charge is 0.165 e. The molecule has 1 unspecified atom stereocenters. The van der Waals surface area contributed by atoms with Crippen molar-refractivity contribution < 1.29 is 4.39 Å². The molecule has 1 heterocycles. The maximum Gasteiger partial charge on any atom is 0.165 e. The lowest BCUT2D eigenvalue weighted by atomic mass is 9.98. The number of anilines is 1. The van der Waals surface area contributed by atoms with Crippen LogP contribution in [0.5, 0.6) is 0 Å². The van der Waals surface area contributed by atoms with Gasteiger partial charge in [-0.3, -0.25) is 0 Å². The third kappa shape index (κ3) is 2.78. The Labute approximate surface area is 113 Å². The van der Waals surface area contributed by atoms with E-state index in [1.54, 1.807) is 6.07 Å². The van der Waals surface area contributed by atoms with Crippen molar-refractivity contribution in [2.24, 2.45) is 0 Å². The molecule has 1 aliphatic heterocycles. The van der Waals surface area contributed by atoms with Crippen LogP contribution in [0.2, 0.25) is 5.02 Å². The summed E-state index contributed by atoms with van der Waals surface area (Å²) in [5.74, 6) is -0.306. The maximum atomic E-state index is 14.1. The molecule has 18 heavy (non-hydrogen) atoms. The van der Waals surface area contributed by atoms with Crippen molar-refractivity contribution in [3.8, 4) is 0 Å². The molecule has 1 saturated heterocycles. The molecule has 0 spiro atoms. The van der Waals surface area contributed by atoms with Gasteiger partial charge in [-0.15, -0.1) is 0 Å². The molecule has 4 heteroatoms. The molecule has 0 amide bonds. The van der Waals surface area contributed by atoms with Crippen molar-refractivity contribution in [2.45, 2.75) is 32.2 Å². The number of benzene rings is 1. The van der Waals surface area contributed by atoms with Crippen molar-refractivity contribution in [3.63, 3.8) is 0 Å². The molecule has 1 fully saturated rings. The van der Waals surface area contributed by atoms with Gasteiger partial charge in [0.15, 0.2) is 5.82 Å². The van der Waals surface area contributed by atoms with Crippen LogP contribution in [-0.4, -0.2) is 25.2 Å². The van der Waals surface area contributed by atoms with Gasteiger partial charge in [0, 0.05) is 18.6 Å². The van der Waals surface area contributed by atoms with Crippen LogP contribution in [0.3, 0.4) is 0 Å². The Morgan fingerprint density at radius 3 is 3.00 bits per heavy atom. The Kier molecular flexibility index (Phi) is 4.13. The van der Waals surface area contributed by atoms with E-state index >= 15 is 0 Å². The Hall–Kier alpha value is -0.800. The molecule has 0 radical (unpaired) electrons. The molecule has 0 aromatic heterocycles. The van der Waals surface area contributed by atoms with Crippen LogP contribution in [0, 0.1) is 5.82 Å². The number of hydrogen-bond donors (Lipinski definition) is 1. The monoisotopic (exact) mass is 270 g/mol. The molecular weight excluding hydrogens is 251 g/mol. The highest BCUT2D eigenvalue weighted by atomic mass is 35.5. The highest BCUT2D eigenvalue weighted by Gasteiger charge is 2.28. The summed E-state index contributed by atoms with van der Waals surface area (Å²) in [5, 5.41) is 3.74. The number of hydrogen-bond acceptors (Lipinski definition) is 2. The second kappa shape index (κ2) is 5.45. The number of rotatable bonds is 2.